The highest BCUT2D eigenvalue weighted by Gasteiger charge is 2.56. The van der Waals surface area contributed by atoms with Crippen LogP contribution in [0.15, 0.2) is 90.4 Å². The molecule has 4 rings (SSSR count). The second-order valence-electron chi connectivity index (χ2n) is 7.68. The molecular formula is C25H20N7O+. The number of nitrogens with zero attached hydrogens (tertiary/aromatic N) is 5. The van der Waals surface area contributed by atoms with E-state index in [9.17, 15) is 15.6 Å². The lowest BCUT2D eigenvalue weighted by molar-refractivity contribution is -0.744. The molecule has 8 heteroatoms. The summed E-state index contributed by atoms with van der Waals surface area (Å²) in [5.41, 5.74) is 0.358. The van der Waals surface area contributed by atoms with Crippen LogP contribution in [0.2, 0.25) is 0 Å². The molecular weight excluding hydrogens is 414 g/mol. The number of aliphatic hydroxyl groups is 1. The summed E-state index contributed by atoms with van der Waals surface area (Å²) in [6.07, 6.45) is 10.1. The highest BCUT2D eigenvalue weighted by molar-refractivity contribution is 5.71. The van der Waals surface area contributed by atoms with Crippen LogP contribution in [-0.2, 0) is 5.72 Å². The van der Waals surface area contributed by atoms with Gasteiger partial charge in [-0.25, -0.2) is 0 Å². The number of aromatic nitrogens is 3. The molecule has 3 aromatic rings. The van der Waals surface area contributed by atoms with Gasteiger partial charge in [0.25, 0.3) is 0 Å². The van der Waals surface area contributed by atoms with Gasteiger partial charge in [-0.15, -0.1) is 0 Å². The highest BCUT2D eigenvalue weighted by atomic mass is 16.3. The van der Waals surface area contributed by atoms with Crippen molar-refractivity contribution >= 4 is 5.87 Å². The molecule has 4 heterocycles. The molecule has 0 aromatic carbocycles. The molecule has 0 fully saturated rings. The summed E-state index contributed by atoms with van der Waals surface area (Å²) >= 11 is 0. The Morgan fingerprint density at radius 2 is 1.91 bits per heavy atom. The van der Waals surface area contributed by atoms with Crippen molar-refractivity contribution in [2.75, 3.05) is 0 Å². The molecule has 0 saturated heterocycles. The SMILES string of the molecule is Cc1ccc[n+](C2C(c3cccnc3)C(C#N)=C(C(=C=N)C#N)NC2(O)c2cccnc2)c1. The molecule has 160 valence electrons. The smallest absolute Gasteiger partial charge is 0.228 e. The molecule has 0 radical (unpaired) electrons. The Labute approximate surface area is 190 Å². The maximum atomic E-state index is 12.3. The van der Waals surface area contributed by atoms with Crippen LogP contribution in [0.25, 0.3) is 0 Å². The minimum absolute atomic E-state index is 0.0553. The minimum Gasteiger partial charge on any atom is -0.362 e. The largest absolute Gasteiger partial charge is 0.362 e. The average molecular weight is 434 g/mol. The number of rotatable bonds is 4. The van der Waals surface area contributed by atoms with E-state index in [-0.39, 0.29) is 16.8 Å². The molecule has 0 spiro atoms. The number of hydrogen-bond acceptors (Lipinski definition) is 7. The summed E-state index contributed by atoms with van der Waals surface area (Å²) in [4.78, 5) is 8.40. The fourth-order valence-electron chi connectivity index (χ4n) is 4.27. The Balaban J connectivity index is 2.11. The van der Waals surface area contributed by atoms with Crippen molar-refractivity contribution in [1.29, 1.82) is 15.9 Å². The monoisotopic (exact) mass is 434 g/mol. The van der Waals surface area contributed by atoms with Crippen LogP contribution in [-0.4, -0.2) is 20.9 Å². The first kappa shape index (κ1) is 21.6. The van der Waals surface area contributed by atoms with Crippen LogP contribution in [0, 0.1) is 35.0 Å². The summed E-state index contributed by atoms with van der Waals surface area (Å²) in [5, 5.41) is 42.7. The molecule has 8 nitrogen and oxygen atoms in total. The van der Waals surface area contributed by atoms with Crippen LogP contribution < -0.4 is 9.88 Å². The maximum Gasteiger partial charge on any atom is 0.228 e. The third kappa shape index (κ3) is 3.77. The summed E-state index contributed by atoms with van der Waals surface area (Å²) < 4.78 is 1.85. The van der Waals surface area contributed by atoms with Gasteiger partial charge < -0.3 is 10.4 Å². The Kier molecular flexibility index (Phi) is 5.80. The van der Waals surface area contributed by atoms with Gasteiger partial charge in [0.15, 0.2) is 12.4 Å². The number of hydrogen-bond donors (Lipinski definition) is 3. The van der Waals surface area contributed by atoms with Gasteiger partial charge in [0.1, 0.15) is 11.6 Å². The third-order valence-corrected chi connectivity index (χ3v) is 5.68. The zero-order chi connectivity index (χ0) is 23.4. The molecule has 0 saturated carbocycles. The van der Waals surface area contributed by atoms with Gasteiger partial charge in [0.05, 0.1) is 23.3 Å². The van der Waals surface area contributed by atoms with E-state index < -0.39 is 17.7 Å². The molecule has 33 heavy (non-hydrogen) atoms. The molecule has 0 bridgehead atoms. The normalized spacial score (nSPS) is 21.8. The van der Waals surface area contributed by atoms with Crippen molar-refractivity contribution in [1.82, 2.24) is 15.3 Å². The van der Waals surface area contributed by atoms with Gasteiger partial charge in [-0.05, 0) is 36.6 Å². The van der Waals surface area contributed by atoms with Crippen LogP contribution >= 0.6 is 0 Å². The van der Waals surface area contributed by atoms with E-state index in [0.29, 0.717) is 11.1 Å². The summed E-state index contributed by atoms with van der Waals surface area (Å²) in [5.74, 6) is 1.40. The maximum absolute atomic E-state index is 12.3. The lowest BCUT2D eigenvalue weighted by Gasteiger charge is -2.42. The van der Waals surface area contributed by atoms with Gasteiger partial charge in [0.2, 0.25) is 11.8 Å². The van der Waals surface area contributed by atoms with Crippen LogP contribution in [0.1, 0.15) is 28.7 Å². The molecule has 3 unspecified atom stereocenters. The zero-order valence-corrected chi connectivity index (χ0v) is 17.8. The van der Waals surface area contributed by atoms with Gasteiger partial charge in [-0.2, -0.15) is 15.1 Å². The molecule has 1 aliphatic heterocycles. The quantitative estimate of drug-likeness (QED) is 0.328. The van der Waals surface area contributed by atoms with Crippen molar-refractivity contribution in [3.63, 3.8) is 0 Å². The van der Waals surface area contributed by atoms with E-state index in [4.69, 9.17) is 5.41 Å². The first-order chi connectivity index (χ1) is 16.0. The van der Waals surface area contributed by atoms with E-state index in [1.807, 2.05) is 48.2 Å². The molecule has 1 aliphatic rings. The molecule has 3 atom stereocenters. The lowest BCUT2D eigenvalue weighted by atomic mass is 9.74. The average Bonchev–Trinajstić information content (AvgIpc) is 2.85. The van der Waals surface area contributed by atoms with Gasteiger partial charge in [0, 0.05) is 42.0 Å². The van der Waals surface area contributed by atoms with Crippen LogP contribution in [0.5, 0.6) is 0 Å². The predicted octanol–water partition coefficient (Wildman–Crippen LogP) is 2.32. The van der Waals surface area contributed by atoms with Crippen molar-refractivity contribution < 1.29 is 9.67 Å². The van der Waals surface area contributed by atoms with E-state index >= 15 is 0 Å². The lowest BCUT2D eigenvalue weighted by Crippen LogP contribution is -2.63. The van der Waals surface area contributed by atoms with Crippen molar-refractivity contribution in [3.8, 4) is 12.1 Å². The summed E-state index contributed by atoms with van der Waals surface area (Å²) in [6, 6.07) is 14.2. The van der Waals surface area contributed by atoms with E-state index in [1.54, 1.807) is 36.8 Å². The minimum atomic E-state index is -1.79. The molecule has 0 aliphatic carbocycles. The Hall–Kier alpha value is -4.62. The predicted molar refractivity (Wildman–Crippen MR) is 118 cm³/mol. The number of pyridine rings is 3. The third-order valence-electron chi connectivity index (χ3n) is 5.68. The van der Waals surface area contributed by atoms with Gasteiger partial charge in [-0.1, -0.05) is 12.1 Å². The number of nitriles is 2. The molecule has 3 N–H and O–H groups in total. The van der Waals surface area contributed by atoms with Gasteiger partial charge in [-0.3, -0.25) is 15.4 Å². The van der Waals surface area contributed by atoms with Crippen molar-refractivity contribution in [2.24, 2.45) is 0 Å². The van der Waals surface area contributed by atoms with Crippen molar-refractivity contribution in [3.05, 3.63) is 107 Å². The number of aryl methyl sites for hydroxylation is 1. The Morgan fingerprint density at radius 1 is 1.15 bits per heavy atom. The summed E-state index contributed by atoms with van der Waals surface area (Å²) in [7, 11) is 0. The first-order valence-electron chi connectivity index (χ1n) is 10.2. The van der Waals surface area contributed by atoms with Crippen LogP contribution in [0.3, 0.4) is 0 Å². The highest BCUT2D eigenvalue weighted by Crippen LogP contribution is 2.47. The number of allylic oxidation sites excluding steroid dienone is 2. The van der Waals surface area contributed by atoms with E-state index in [1.165, 1.54) is 6.20 Å². The standard InChI is InChI=1S/C25H20N7O/c1-17-5-4-10-32(16-17)24-22(18-6-2-8-29-14-18)21(13-28)23(19(11-26)12-27)31-25(24,33)20-7-3-9-30-15-20/h2-10,14-16,22,24,26,31,33H,1H3/q+1. The molecule has 0 amide bonds. The summed E-state index contributed by atoms with van der Waals surface area (Å²) in [6.45, 7) is 1.94. The zero-order valence-electron chi connectivity index (χ0n) is 17.8. The molecule has 3 aromatic heterocycles. The fourth-order valence-corrected chi connectivity index (χ4v) is 4.27. The first-order valence-corrected chi connectivity index (χ1v) is 10.2. The van der Waals surface area contributed by atoms with E-state index in [0.717, 1.165) is 5.56 Å². The van der Waals surface area contributed by atoms with E-state index in [2.05, 4.69) is 27.2 Å². The Morgan fingerprint density at radius 3 is 2.48 bits per heavy atom. The second-order valence-corrected chi connectivity index (χ2v) is 7.68. The number of nitrogens with one attached hydrogen (secondary N) is 2. The second kappa shape index (κ2) is 8.86. The van der Waals surface area contributed by atoms with Crippen LogP contribution in [0.4, 0.5) is 0 Å². The van der Waals surface area contributed by atoms with Crippen molar-refractivity contribution in [2.45, 2.75) is 24.6 Å². The topological polar surface area (TPSA) is 133 Å². The van der Waals surface area contributed by atoms with Gasteiger partial charge >= 0.3 is 0 Å². The Bertz CT molecular complexity index is 1350. The fraction of sp³-hybridized carbons (Fsp3) is 0.160.